The summed E-state index contributed by atoms with van der Waals surface area (Å²) in [5.74, 6) is 1.24. The fourth-order valence-corrected chi connectivity index (χ4v) is 3.04. The molecule has 1 amide bonds. The molecule has 0 aliphatic carbocycles. The number of carbonyl (C=O) groups excluding carboxylic acids is 1. The minimum atomic E-state index is -0.0720. The third-order valence-electron chi connectivity index (χ3n) is 4.68. The molecule has 144 valence electrons. The first-order valence-electron chi connectivity index (χ1n) is 9.25. The lowest BCUT2D eigenvalue weighted by Gasteiger charge is -2.34. The summed E-state index contributed by atoms with van der Waals surface area (Å²) >= 11 is 0. The smallest absolute Gasteiger partial charge is 0.227 e. The summed E-state index contributed by atoms with van der Waals surface area (Å²) in [7, 11) is 3.74. The first kappa shape index (κ1) is 19.0. The Balaban J connectivity index is 1.45. The number of ether oxygens (including phenoxy) is 2. The second-order valence-corrected chi connectivity index (χ2v) is 6.63. The SMILES string of the molecule is COc1ccccc1OCCC(=O)Nc1ccc(N2CCN(C)CC2)cc1. The predicted molar refractivity (Wildman–Crippen MR) is 108 cm³/mol. The molecule has 0 aromatic heterocycles. The number of hydrogen-bond acceptors (Lipinski definition) is 5. The molecule has 1 aliphatic rings. The Bertz CT molecular complexity index is 741. The van der Waals surface area contributed by atoms with Crippen LogP contribution in [0.5, 0.6) is 11.5 Å². The summed E-state index contributed by atoms with van der Waals surface area (Å²) in [5, 5.41) is 2.92. The molecule has 1 fully saturated rings. The van der Waals surface area contributed by atoms with Crippen molar-refractivity contribution in [2.45, 2.75) is 6.42 Å². The summed E-state index contributed by atoms with van der Waals surface area (Å²) in [5.41, 5.74) is 2.00. The standard InChI is InChI=1S/C21H27N3O3/c1-23-12-14-24(15-13-23)18-9-7-17(8-10-18)22-21(25)11-16-27-20-6-4-3-5-19(20)26-2/h3-10H,11-16H2,1-2H3,(H,22,25). The highest BCUT2D eigenvalue weighted by molar-refractivity contribution is 5.91. The Labute approximate surface area is 160 Å². The van der Waals surface area contributed by atoms with E-state index in [0.29, 0.717) is 18.1 Å². The van der Waals surface area contributed by atoms with Gasteiger partial charge in [0.1, 0.15) is 0 Å². The van der Waals surface area contributed by atoms with E-state index < -0.39 is 0 Å². The minimum Gasteiger partial charge on any atom is -0.493 e. The number of para-hydroxylation sites is 2. The van der Waals surface area contributed by atoms with Crippen LogP contribution < -0.4 is 19.7 Å². The van der Waals surface area contributed by atoms with E-state index >= 15 is 0 Å². The molecule has 2 aromatic rings. The van der Waals surface area contributed by atoms with Gasteiger partial charge in [0.05, 0.1) is 20.1 Å². The van der Waals surface area contributed by atoms with E-state index in [1.165, 1.54) is 5.69 Å². The summed E-state index contributed by atoms with van der Waals surface area (Å²) < 4.78 is 10.9. The highest BCUT2D eigenvalue weighted by Gasteiger charge is 2.14. The molecule has 6 heteroatoms. The fourth-order valence-electron chi connectivity index (χ4n) is 3.04. The van der Waals surface area contributed by atoms with Crippen molar-refractivity contribution in [3.8, 4) is 11.5 Å². The van der Waals surface area contributed by atoms with Crippen LogP contribution in [-0.4, -0.2) is 57.8 Å². The zero-order valence-corrected chi connectivity index (χ0v) is 16.0. The van der Waals surface area contributed by atoms with Crippen molar-refractivity contribution >= 4 is 17.3 Å². The maximum atomic E-state index is 12.1. The zero-order valence-electron chi connectivity index (χ0n) is 16.0. The summed E-state index contributed by atoms with van der Waals surface area (Å²) in [4.78, 5) is 16.8. The molecule has 0 bridgehead atoms. The van der Waals surface area contributed by atoms with Crippen LogP contribution in [0.2, 0.25) is 0 Å². The Morgan fingerprint density at radius 2 is 1.67 bits per heavy atom. The monoisotopic (exact) mass is 369 g/mol. The lowest BCUT2D eigenvalue weighted by atomic mass is 10.2. The number of rotatable bonds is 7. The number of methoxy groups -OCH3 is 1. The number of nitrogens with one attached hydrogen (secondary N) is 1. The van der Waals surface area contributed by atoms with Gasteiger partial charge in [-0.05, 0) is 43.4 Å². The number of benzene rings is 2. The number of nitrogens with zero attached hydrogens (tertiary/aromatic N) is 2. The van der Waals surface area contributed by atoms with E-state index in [1.54, 1.807) is 7.11 Å². The first-order chi connectivity index (χ1) is 13.2. The number of likely N-dealkylation sites (N-methyl/N-ethyl adjacent to an activating group) is 1. The second-order valence-electron chi connectivity index (χ2n) is 6.63. The number of hydrogen-bond donors (Lipinski definition) is 1. The van der Waals surface area contributed by atoms with Gasteiger partial charge in [-0.15, -0.1) is 0 Å². The molecular formula is C21H27N3O3. The molecule has 1 saturated heterocycles. The molecule has 27 heavy (non-hydrogen) atoms. The van der Waals surface area contributed by atoms with Crippen LogP contribution in [0.15, 0.2) is 48.5 Å². The van der Waals surface area contributed by atoms with Crippen LogP contribution in [0.3, 0.4) is 0 Å². The van der Waals surface area contributed by atoms with Gasteiger partial charge in [0, 0.05) is 37.6 Å². The van der Waals surface area contributed by atoms with Crippen molar-refractivity contribution in [1.29, 1.82) is 0 Å². The Morgan fingerprint density at radius 1 is 1.00 bits per heavy atom. The van der Waals surface area contributed by atoms with Gasteiger partial charge >= 0.3 is 0 Å². The molecular weight excluding hydrogens is 342 g/mol. The van der Waals surface area contributed by atoms with E-state index in [1.807, 2.05) is 36.4 Å². The van der Waals surface area contributed by atoms with E-state index in [4.69, 9.17) is 9.47 Å². The van der Waals surface area contributed by atoms with E-state index in [0.717, 1.165) is 31.9 Å². The molecule has 0 radical (unpaired) electrons. The largest absolute Gasteiger partial charge is 0.493 e. The van der Waals surface area contributed by atoms with E-state index in [-0.39, 0.29) is 12.3 Å². The van der Waals surface area contributed by atoms with Crippen molar-refractivity contribution in [3.05, 3.63) is 48.5 Å². The average Bonchev–Trinajstić information content (AvgIpc) is 2.69. The summed E-state index contributed by atoms with van der Waals surface area (Å²) in [6.07, 6.45) is 0.276. The van der Waals surface area contributed by atoms with Crippen LogP contribution in [0.1, 0.15) is 6.42 Å². The highest BCUT2D eigenvalue weighted by Crippen LogP contribution is 2.25. The molecule has 0 saturated carbocycles. The van der Waals surface area contributed by atoms with Gasteiger partial charge in [-0.25, -0.2) is 0 Å². The van der Waals surface area contributed by atoms with Gasteiger partial charge in [0.15, 0.2) is 11.5 Å². The summed E-state index contributed by atoms with van der Waals surface area (Å²) in [6, 6.07) is 15.4. The topological polar surface area (TPSA) is 54.0 Å². The van der Waals surface area contributed by atoms with E-state index in [2.05, 4.69) is 34.3 Å². The molecule has 6 nitrogen and oxygen atoms in total. The normalized spacial score (nSPS) is 14.7. The van der Waals surface area contributed by atoms with Gasteiger partial charge < -0.3 is 24.6 Å². The van der Waals surface area contributed by atoms with Crippen LogP contribution >= 0.6 is 0 Å². The number of carbonyl (C=O) groups is 1. The molecule has 1 heterocycles. The Kier molecular flexibility index (Phi) is 6.54. The first-order valence-corrected chi connectivity index (χ1v) is 9.25. The number of piperazine rings is 1. The Morgan fingerprint density at radius 3 is 2.33 bits per heavy atom. The maximum Gasteiger partial charge on any atom is 0.227 e. The van der Waals surface area contributed by atoms with Crippen molar-refractivity contribution < 1.29 is 14.3 Å². The van der Waals surface area contributed by atoms with Crippen molar-refractivity contribution in [2.75, 3.05) is 57.2 Å². The molecule has 3 rings (SSSR count). The van der Waals surface area contributed by atoms with Crippen LogP contribution in [0.25, 0.3) is 0 Å². The molecule has 0 unspecified atom stereocenters. The van der Waals surface area contributed by atoms with Crippen molar-refractivity contribution in [1.82, 2.24) is 4.90 Å². The molecule has 2 aromatic carbocycles. The van der Waals surface area contributed by atoms with Gasteiger partial charge in [-0.3, -0.25) is 4.79 Å². The third kappa shape index (κ3) is 5.37. The highest BCUT2D eigenvalue weighted by atomic mass is 16.5. The molecule has 0 atom stereocenters. The van der Waals surface area contributed by atoms with Crippen LogP contribution in [0.4, 0.5) is 11.4 Å². The molecule has 1 N–H and O–H groups in total. The maximum absolute atomic E-state index is 12.1. The zero-order chi connectivity index (χ0) is 19.1. The predicted octanol–water partition coefficient (Wildman–Crippen LogP) is 2.85. The Hall–Kier alpha value is -2.73. The fraction of sp³-hybridized carbons (Fsp3) is 0.381. The number of anilines is 2. The second kappa shape index (κ2) is 9.28. The van der Waals surface area contributed by atoms with Crippen LogP contribution in [0, 0.1) is 0 Å². The number of amides is 1. The van der Waals surface area contributed by atoms with Crippen molar-refractivity contribution in [2.24, 2.45) is 0 Å². The quantitative estimate of drug-likeness (QED) is 0.813. The van der Waals surface area contributed by atoms with Gasteiger partial charge in [0.2, 0.25) is 5.91 Å². The molecule has 1 aliphatic heterocycles. The lowest BCUT2D eigenvalue weighted by Crippen LogP contribution is -2.44. The minimum absolute atomic E-state index is 0.0720. The third-order valence-corrected chi connectivity index (χ3v) is 4.68. The van der Waals surface area contributed by atoms with Crippen molar-refractivity contribution in [3.63, 3.8) is 0 Å². The average molecular weight is 369 g/mol. The summed E-state index contributed by atoms with van der Waals surface area (Å²) in [6.45, 7) is 4.51. The molecule has 0 spiro atoms. The van der Waals surface area contributed by atoms with Crippen LogP contribution in [-0.2, 0) is 4.79 Å². The van der Waals surface area contributed by atoms with Gasteiger partial charge in [0.25, 0.3) is 0 Å². The van der Waals surface area contributed by atoms with E-state index in [9.17, 15) is 4.79 Å². The van der Waals surface area contributed by atoms with Gasteiger partial charge in [-0.1, -0.05) is 12.1 Å². The van der Waals surface area contributed by atoms with Gasteiger partial charge in [-0.2, -0.15) is 0 Å². The lowest BCUT2D eigenvalue weighted by molar-refractivity contribution is -0.116.